The third-order valence-electron chi connectivity index (χ3n) is 6.18. The minimum absolute atomic E-state index is 0.156. The van der Waals surface area contributed by atoms with Gasteiger partial charge >= 0.3 is 0 Å². The molecule has 7 heteroatoms. The molecule has 3 heterocycles. The lowest BCUT2D eigenvalue weighted by Gasteiger charge is -2.35. The number of benzene rings is 1. The summed E-state index contributed by atoms with van der Waals surface area (Å²) < 4.78 is 1.70. The Morgan fingerprint density at radius 1 is 1.07 bits per heavy atom. The number of anilines is 2. The fraction of sp³-hybridized carbons (Fsp3) is 0.364. The first-order valence-electron chi connectivity index (χ1n) is 10.1. The molecular formula is C22H23N5O2. The van der Waals surface area contributed by atoms with Crippen molar-refractivity contribution in [3.05, 3.63) is 57.8 Å². The number of carbonyl (C=O) groups is 1. The van der Waals surface area contributed by atoms with E-state index in [1.54, 1.807) is 10.6 Å². The number of nitrogens with zero attached hydrogens (tertiary/aromatic N) is 3. The molecule has 0 bridgehead atoms. The van der Waals surface area contributed by atoms with Crippen LogP contribution in [0.3, 0.4) is 0 Å². The lowest BCUT2D eigenvalue weighted by molar-refractivity contribution is 0.0876. The van der Waals surface area contributed by atoms with Crippen LogP contribution in [0, 0.1) is 13.8 Å². The smallest absolute Gasteiger partial charge is 0.276 e. The van der Waals surface area contributed by atoms with Gasteiger partial charge in [0.25, 0.3) is 11.5 Å². The number of nitrogens with one attached hydrogen (secondary N) is 2. The number of hydrogen-bond acceptors (Lipinski definition) is 5. The number of rotatable bonds is 2. The summed E-state index contributed by atoms with van der Waals surface area (Å²) in [5, 5.41) is 7.20. The molecule has 0 unspecified atom stereocenters. The van der Waals surface area contributed by atoms with Gasteiger partial charge in [-0.05, 0) is 62.8 Å². The summed E-state index contributed by atoms with van der Waals surface area (Å²) in [6.07, 6.45) is 6.19. The molecule has 0 atom stereocenters. The molecule has 2 N–H and O–H groups in total. The number of hydrogen-bond donors (Lipinski definition) is 2. The molecule has 1 aromatic carbocycles. The van der Waals surface area contributed by atoms with Crippen molar-refractivity contribution < 1.29 is 4.79 Å². The van der Waals surface area contributed by atoms with E-state index in [9.17, 15) is 9.59 Å². The number of carbonyl (C=O) groups excluding carboxylic acids is 1. The first-order chi connectivity index (χ1) is 14.0. The quantitative estimate of drug-likeness (QED) is 0.700. The highest BCUT2D eigenvalue weighted by molar-refractivity contribution is 5.97. The Morgan fingerprint density at radius 2 is 1.86 bits per heavy atom. The monoisotopic (exact) mass is 389 g/mol. The van der Waals surface area contributed by atoms with Crippen LogP contribution in [-0.2, 0) is 5.66 Å². The highest BCUT2D eigenvalue weighted by atomic mass is 16.2. The summed E-state index contributed by atoms with van der Waals surface area (Å²) in [6, 6.07) is 7.64. The number of pyridine rings is 1. The second kappa shape index (κ2) is 6.40. The summed E-state index contributed by atoms with van der Waals surface area (Å²) in [7, 11) is 0. The maximum atomic E-state index is 13.5. The molecule has 3 aromatic rings. The number of fused-ring (bicyclic) bond motifs is 3. The van der Waals surface area contributed by atoms with Crippen LogP contribution < -0.4 is 16.2 Å². The van der Waals surface area contributed by atoms with E-state index < -0.39 is 5.66 Å². The molecule has 1 saturated carbocycles. The zero-order chi connectivity index (χ0) is 20.2. The van der Waals surface area contributed by atoms with Crippen LogP contribution in [0.1, 0.15) is 53.7 Å². The highest BCUT2D eigenvalue weighted by Gasteiger charge is 2.45. The lowest BCUT2D eigenvalue weighted by Crippen LogP contribution is -2.48. The minimum atomic E-state index is -0.603. The molecule has 0 saturated heterocycles. The Bertz CT molecular complexity index is 1210. The van der Waals surface area contributed by atoms with Crippen molar-refractivity contribution in [3.8, 4) is 0 Å². The fourth-order valence-corrected chi connectivity index (χ4v) is 4.80. The van der Waals surface area contributed by atoms with Crippen molar-refractivity contribution in [2.24, 2.45) is 0 Å². The van der Waals surface area contributed by atoms with Gasteiger partial charge in [0.2, 0.25) is 0 Å². The molecule has 29 heavy (non-hydrogen) atoms. The van der Waals surface area contributed by atoms with Gasteiger partial charge in [0, 0.05) is 5.39 Å². The van der Waals surface area contributed by atoms with E-state index in [0.717, 1.165) is 54.1 Å². The lowest BCUT2D eigenvalue weighted by atomic mass is 9.89. The van der Waals surface area contributed by atoms with Gasteiger partial charge in [-0.3, -0.25) is 14.2 Å². The molecule has 1 fully saturated rings. The molecule has 7 nitrogen and oxygen atoms in total. The molecule has 1 aliphatic carbocycles. The third-order valence-corrected chi connectivity index (χ3v) is 6.18. The van der Waals surface area contributed by atoms with Crippen LogP contribution in [0.25, 0.3) is 10.9 Å². The van der Waals surface area contributed by atoms with Gasteiger partial charge in [0.1, 0.15) is 29.2 Å². The van der Waals surface area contributed by atoms with Gasteiger partial charge in [-0.1, -0.05) is 18.6 Å². The first-order valence-corrected chi connectivity index (χ1v) is 10.1. The van der Waals surface area contributed by atoms with Crippen LogP contribution in [0.2, 0.25) is 0 Å². The average Bonchev–Trinajstić information content (AvgIpc) is 2.99. The van der Waals surface area contributed by atoms with E-state index >= 15 is 0 Å². The number of aromatic nitrogens is 3. The van der Waals surface area contributed by atoms with E-state index in [-0.39, 0.29) is 11.5 Å². The predicted molar refractivity (Wildman–Crippen MR) is 112 cm³/mol. The minimum Gasteiger partial charge on any atom is -0.335 e. The summed E-state index contributed by atoms with van der Waals surface area (Å²) >= 11 is 0. The molecular weight excluding hydrogens is 366 g/mol. The van der Waals surface area contributed by atoms with E-state index in [1.807, 2.05) is 32.0 Å². The van der Waals surface area contributed by atoms with Crippen LogP contribution in [0.15, 0.2) is 35.4 Å². The van der Waals surface area contributed by atoms with Crippen molar-refractivity contribution >= 4 is 28.3 Å². The summed E-state index contributed by atoms with van der Waals surface area (Å²) in [5.74, 6) is 0.432. The molecule has 2 aliphatic rings. The number of para-hydroxylation sites is 1. The summed E-state index contributed by atoms with van der Waals surface area (Å²) in [6.45, 7) is 3.87. The van der Waals surface area contributed by atoms with E-state index in [4.69, 9.17) is 0 Å². The number of aryl methyl sites for hydroxylation is 2. The second-order valence-corrected chi connectivity index (χ2v) is 8.09. The Balaban J connectivity index is 1.67. The van der Waals surface area contributed by atoms with Crippen molar-refractivity contribution in [1.29, 1.82) is 0 Å². The van der Waals surface area contributed by atoms with E-state index in [1.165, 1.54) is 6.33 Å². The van der Waals surface area contributed by atoms with Gasteiger partial charge in [-0.15, -0.1) is 0 Å². The van der Waals surface area contributed by atoms with Crippen molar-refractivity contribution in [2.75, 3.05) is 5.32 Å². The summed E-state index contributed by atoms with van der Waals surface area (Å²) in [5.41, 5.74) is 2.79. The molecule has 1 aliphatic heterocycles. The fourth-order valence-electron chi connectivity index (χ4n) is 4.80. The van der Waals surface area contributed by atoms with Crippen LogP contribution in [0.4, 0.5) is 11.5 Å². The molecule has 2 aromatic heterocycles. The SMILES string of the molecule is Cc1cc(Nc2ncnc3c(C)cccc23)c(=O)n2c1C(=O)NC21CCCCC1. The molecule has 0 radical (unpaired) electrons. The largest absolute Gasteiger partial charge is 0.335 e. The van der Waals surface area contributed by atoms with Crippen LogP contribution in [-0.4, -0.2) is 20.4 Å². The molecule has 5 rings (SSSR count). The van der Waals surface area contributed by atoms with Crippen molar-refractivity contribution in [2.45, 2.75) is 51.6 Å². The highest BCUT2D eigenvalue weighted by Crippen LogP contribution is 2.37. The predicted octanol–water partition coefficient (Wildman–Crippen LogP) is 3.51. The van der Waals surface area contributed by atoms with E-state index in [2.05, 4.69) is 20.6 Å². The zero-order valence-corrected chi connectivity index (χ0v) is 16.6. The van der Waals surface area contributed by atoms with Crippen LogP contribution >= 0.6 is 0 Å². The van der Waals surface area contributed by atoms with Crippen molar-refractivity contribution in [1.82, 2.24) is 19.9 Å². The Labute approximate surface area is 168 Å². The van der Waals surface area contributed by atoms with Gasteiger partial charge in [-0.2, -0.15) is 0 Å². The Hall–Kier alpha value is -3.22. The Morgan fingerprint density at radius 3 is 2.66 bits per heavy atom. The van der Waals surface area contributed by atoms with Crippen LogP contribution in [0.5, 0.6) is 0 Å². The molecule has 1 spiro atoms. The van der Waals surface area contributed by atoms with Gasteiger partial charge in [0.15, 0.2) is 0 Å². The topological polar surface area (TPSA) is 88.9 Å². The van der Waals surface area contributed by atoms with Gasteiger partial charge < -0.3 is 10.6 Å². The van der Waals surface area contributed by atoms with Gasteiger partial charge in [-0.25, -0.2) is 9.97 Å². The van der Waals surface area contributed by atoms with Crippen molar-refractivity contribution in [3.63, 3.8) is 0 Å². The normalized spacial score (nSPS) is 17.4. The second-order valence-electron chi connectivity index (χ2n) is 8.09. The summed E-state index contributed by atoms with van der Waals surface area (Å²) in [4.78, 5) is 34.9. The third kappa shape index (κ3) is 2.64. The van der Waals surface area contributed by atoms with Gasteiger partial charge in [0.05, 0.1) is 5.52 Å². The van der Waals surface area contributed by atoms with E-state index in [0.29, 0.717) is 17.2 Å². The number of amides is 1. The Kier molecular flexibility index (Phi) is 3.94. The molecule has 148 valence electrons. The average molecular weight is 389 g/mol. The molecule has 1 amide bonds. The maximum Gasteiger partial charge on any atom is 0.276 e. The standard InChI is InChI=1S/C22H23N5O2/c1-13-7-6-8-15-17(13)23-12-24-19(15)25-16-11-14(2)18-20(28)26-22(27(18)21(16)29)9-4-3-5-10-22/h6-8,11-12H,3-5,9-10H2,1-2H3,(H,26,28)(H,23,24,25). The first kappa shape index (κ1) is 17.8. The zero-order valence-electron chi connectivity index (χ0n) is 16.6. The maximum absolute atomic E-state index is 13.5.